The highest BCUT2D eigenvalue weighted by atomic mass is 16.7. The normalized spacial score (nSPS) is 37.2. The highest BCUT2D eigenvalue weighted by molar-refractivity contribution is 6.06. The third kappa shape index (κ3) is 1.47. The molecule has 0 spiro atoms. The molecule has 5 nitrogen and oxygen atoms in total. The largest absolute Gasteiger partial charge is 0.354 e. The number of hydrogen-bond donors (Lipinski definition) is 0. The van der Waals surface area contributed by atoms with Crippen molar-refractivity contribution in [2.45, 2.75) is 12.7 Å². The van der Waals surface area contributed by atoms with Crippen LogP contribution >= 0.6 is 0 Å². The molecule has 0 radical (unpaired) electrons. The molecule has 4 atom stereocenters. The molecule has 0 aromatic rings. The molecule has 2 fully saturated rings. The van der Waals surface area contributed by atoms with Crippen molar-refractivity contribution in [3.63, 3.8) is 0 Å². The number of amides is 2. The summed E-state index contributed by atoms with van der Waals surface area (Å²) in [4.78, 5) is 25.9. The van der Waals surface area contributed by atoms with Crippen LogP contribution < -0.4 is 0 Å². The van der Waals surface area contributed by atoms with E-state index in [1.165, 1.54) is 19.1 Å². The Morgan fingerprint density at radius 1 is 1.17 bits per heavy atom. The molecule has 0 aromatic carbocycles. The van der Waals surface area contributed by atoms with Gasteiger partial charge in [0.25, 0.3) is 0 Å². The Morgan fingerprint density at radius 2 is 1.67 bits per heavy atom. The Balaban J connectivity index is 1.79. The maximum Gasteiger partial charge on any atom is 0.233 e. The van der Waals surface area contributed by atoms with Gasteiger partial charge in [0.2, 0.25) is 11.8 Å². The fraction of sp³-hybridized carbons (Fsp3) is 0.692. The van der Waals surface area contributed by atoms with Crippen LogP contribution in [-0.4, -0.2) is 43.8 Å². The lowest BCUT2D eigenvalue weighted by atomic mass is 9.85. The van der Waals surface area contributed by atoms with Gasteiger partial charge in [-0.05, 0) is 18.3 Å². The van der Waals surface area contributed by atoms with Crippen LogP contribution in [0.3, 0.4) is 0 Å². The molecule has 2 aliphatic carbocycles. The first-order chi connectivity index (χ1) is 8.67. The fourth-order valence-electron chi connectivity index (χ4n) is 3.54. The van der Waals surface area contributed by atoms with Gasteiger partial charge in [-0.15, -0.1) is 0 Å². The van der Waals surface area contributed by atoms with Gasteiger partial charge in [0.15, 0.2) is 6.29 Å². The minimum Gasteiger partial charge on any atom is -0.354 e. The van der Waals surface area contributed by atoms with E-state index in [2.05, 4.69) is 12.2 Å². The molecule has 1 heterocycles. The topological polar surface area (TPSA) is 55.8 Å². The number of nitrogens with zero attached hydrogens (tertiary/aromatic N) is 1. The first-order valence-electron chi connectivity index (χ1n) is 6.26. The number of fused-ring (bicyclic) bond motifs is 5. The van der Waals surface area contributed by atoms with E-state index >= 15 is 0 Å². The SMILES string of the molecule is COC(CN1C(=O)[C@@H]2[C@H](C1=O)[C@@H]1C=C[C@H]2C1)OC. The van der Waals surface area contributed by atoms with Gasteiger partial charge in [0, 0.05) is 14.2 Å². The highest BCUT2D eigenvalue weighted by Gasteiger charge is 2.59. The first kappa shape index (κ1) is 11.9. The predicted molar refractivity (Wildman–Crippen MR) is 62.2 cm³/mol. The number of carbonyl (C=O) groups excluding carboxylic acids is 2. The van der Waals surface area contributed by atoms with Crippen LogP contribution in [0, 0.1) is 23.7 Å². The maximum atomic E-state index is 12.3. The lowest BCUT2D eigenvalue weighted by Gasteiger charge is -2.21. The van der Waals surface area contributed by atoms with Gasteiger partial charge in [-0.2, -0.15) is 0 Å². The molecule has 0 aromatic heterocycles. The van der Waals surface area contributed by atoms with Crippen LogP contribution in [-0.2, 0) is 19.1 Å². The van der Waals surface area contributed by atoms with Crippen molar-refractivity contribution >= 4 is 11.8 Å². The average molecular weight is 251 g/mol. The molecular formula is C13H17NO4. The van der Waals surface area contributed by atoms with E-state index in [1.54, 1.807) is 0 Å². The van der Waals surface area contributed by atoms with Crippen LogP contribution in [0.1, 0.15) is 6.42 Å². The summed E-state index contributed by atoms with van der Waals surface area (Å²) in [6.07, 6.45) is 4.59. The second-order valence-electron chi connectivity index (χ2n) is 5.19. The smallest absolute Gasteiger partial charge is 0.233 e. The second-order valence-corrected chi connectivity index (χ2v) is 5.19. The summed E-state index contributed by atoms with van der Waals surface area (Å²) in [5.41, 5.74) is 0. The third-order valence-corrected chi connectivity index (χ3v) is 4.42. The van der Waals surface area contributed by atoms with Crippen LogP contribution in [0.4, 0.5) is 0 Å². The zero-order valence-electron chi connectivity index (χ0n) is 10.5. The molecule has 3 aliphatic rings. The van der Waals surface area contributed by atoms with Gasteiger partial charge < -0.3 is 9.47 Å². The van der Waals surface area contributed by atoms with Crippen LogP contribution in [0.25, 0.3) is 0 Å². The number of ether oxygens (including phenoxy) is 2. The third-order valence-electron chi connectivity index (χ3n) is 4.42. The van der Waals surface area contributed by atoms with Gasteiger partial charge in [-0.3, -0.25) is 14.5 Å². The molecular weight excluding hydrogens is 234 g/mol. The van der Waals surface area contributed by atoms with Gasteiger partial charge >= 0.3 is 0 Å². The van der Waals surface area contributed by atoms with Crippen molar-refractivity contribution in [2.24, 2.45) is 23.7 Å². The minimum absolute atomic E-state index is 0.0547. The Morgan fingerprint density at radius 3 is 2.11 bits per heavy atom. The predicted octanol–water partition coefficient (Wildman–Crippen LogP) is 0.412. The zero-order valence-corrected chi connectivity index (χ0v) is 10.5. The number of carbonyl (C=O) groups is 2. The highest BCUT2D eigenvalue weighted by Crippen LogP contribution is 2.52. The molecule has 1 saturated heterocycles. The summed E-state index contributed by atoms with van der Waals surface area (Å²) < 4.78 is 10.1. The van der Waals surface area contributed by atoms with E-state index in [4.69, 9.17) is 9.47 Å². The van der Waals surface area contributed by atoms with Crippen molar-refractivity contribution in [3.8, 4) is 0 Å². The van der Waals surface area contributed by atoms with Crippen LogP contribution in [0.5, 0.6) is 0 Å². The van der Waals surface area contributed by atoms with Crippen LogP contribution in [0.2, 0.25) is 0 Å². The Hall–Kier alpha value is -1.20. The molecule has 1 aliphatic heterocycles. The van der Waals surface area contributed by atoms with E-state index in [0.717, 1.165) is 6.42 Å². The summed E-state index contributed by atoms with van der Waals surface area (Å²) in [7, 11) is 3.01. The molecule has 0 N–H and O–H groups in total. The monoisotopic (exact) mass is 251 g/mol. The van der Waals surface area contributed by atoms with E-state index < -0.39 is 6.29 Å². The number of rotatable bonds is 4. The molecule has 2 amide bonds. The van der Waals surface area contributed by atoms with Crippen molar-refractivity contribution in [1.29, 1.82) is 0 Å². The van der Waals surface area contributed by atoms with E-state index in [9.17, 15) is 9.59 Å². The Labute approximate surface area is 106 Å². The Bertz CT molecular complexity index is 385. The van der Waals surface area contributed by atoms with Crippen LogP contribution in [0.15, 0.2) is 12.2 Å². The summed E-state index contributed by atoms with van der Waals surface area (Å²) in [6.45, 7) is 0.192. The summed E-state index contributed by atoms with van der Waals surface area (Å²) in [5.74, 6) is 0.126. The number of imide groups is 1. The molecule has 2 bridgehead atoms. The fourth-order valence-corrected chi connectivity index (χ4v) is 3.54. The number of hydrogen-bond acceptors (Lipinski definition) is 4. The number of methoxy groups -OCH3 is 2. The first-order valence-corrected chi connectivity index (χ1v) is 6.26. The standard InChI is InChI=1S/C13H17NO4/c1-17-9(18-2)6-14-12(15)10-7-3-4-8(5-7)11(10)13(14)16/h3-4,7-11H,5-6H2,1-2H3/t7-,8+,10-,11+. The van der Waals surface area contributed by atoms with Crippen molar-refractivity contribution in [2.75, 3.05) is 20.8 Å². The quantitative estimate of drug-likeness (QED) is 0.412. The number of allylic oxidation sites excluding steroid dienone is 2. The second kappa shape index (κ2) is 4.17. The summed E-state index contributed by atoms with van der Waals surface area (Å²) in [5, 5.41) is 0. The lowest BCUT2D eigenvalue weighted by Crippen LogP contribution is -2.40. The average Bonchev–Trinajstić information content (AvgIpc) is 3.03. The van der Waals surface area contributed by atoms with Gasteiger partial charge in [0.1, 0.15) is 0 Å². The zero-order chi connectivity index (χ0) is 12.9. The van der Waals surface area contributed by atoms with Gasteiger partial charge in [-0.25, -0.2) is 0 Å². The lowest BCUT2D eigenvalue weighted by molar-refractivity contribution is -0.153. The van der Waals surface area contributed by atoms with Crippen molar-refractivity contribution in [3.05, 3.63) is 12.2 Å². The van der Waals surface area contributed by atoms with E-state index in [0.29, 0.717) is 0 Å². The molecule has 0 unspecified atom stereocenters. The maximum absolute atomic E-state index is 12.3. The minimum atomic E-state index is -0.540. The molecule has 3 rings (SSSR count). The molecule has 98 valence electrons. The summed E-state index contributed by atoms with van der Waals surface area (Å²) >= 11 is 0. The van der Waals surface area contributed by atoms with Crippen molar-refractivity contribution < 1.29 is 19.1 Å². The molecule has 1 saturated carbocycles. The molecule has 5 heteroatoms. The van der Waals surface area contributed by atoms with Gasteiger partial charge in [0.05, 0.1) is 18.4 Å². The van der Waals surface area contributed by atoms with E-state index in [1.807, 2.05) is 0 Å². The number of likely N-dealkylation sites (tertiary alicyclic amines) is 1. The summed E-state index contributed by atoms with van der Waals surface area (Å²) in [6, 6.07) is 0. The van der Waals surface area contributed by atoms with E-state index in [-0.39, 0.29) is 42.0 Å². The van der Waals surface area contributed by atoms with Gasteiger partial charge in [-0.1, -0.05) is 12.2 Å². The molecule has 18 heavy (non-hydrogen) atoms. The Kier molecular flexibility index (Phi) is 2.75. The van der Waals surface area contributed by atoms with Crippen molar-refractivity contribution in [1.82, 2.24) is 4.90 Å².